The fraction of sp³-hybridized carbons (Fsp3) is 0. The Balaban J connectivity index is 1.10. The summed E-state index contributed by atoms with van der Waals surface area (Å²) in [4.78, 5) is 13.9. The van der Waals surface area contributed by atoms with Gasteiger partial charge in [0.15, 0.2) is 0 Å². The first kappa shape index (κ1) is 27.5. The van der Waals surface area contributed by atoms with Crippen LogP contribution in [0.2, 0.25) is 0 Å². The molecule has 5 aromatic carbocycles. The van der Waals surface area contributed by atoms with Crippen molar-refractivity contribution in [3.63, 3.8) is 0 Å². The summed E-state index contributed by atoms with van der Waals surface area (Å²) in [6, 6.07) is 48.4. The zero-order chi connectivity index (χ0) is 32.8. The highest BCUT2D eigenvalue weighted by molar-refractivity contribution is 7.25. The summed E-state index contributed by atoms with van der Waals surface area (Å²) in [5.41, 5.74) is 12.3. The number of benzene rings is 5. The maximum Gasteiger partial charge on any atom is 0.0731 e. The summed E-state index contributed by atoms with van der Waals surface area (Å²) in [6.07, 6.45) is 7.38. The van der Waals surface area contributed by atoms with Crippen molar-refractivity contribution in [2.45, 2.75) is 0 Å². The van der Waals surface area contributed by atoms with Crippen LogP contribution < -0.4 is 0 Å². The van der Waals surface area contributed by atoms with E-state index in [1.54, 1.807) is 12.4 Å². The van der Waals surface area contributed by atoms with E-state index < -0.39 is 0 Å². The van der Waals surface area contributed by atoms with Crippen LogP contribution in [0.5, 0.6) is 0 Å². The third-order valence-electron chi connectivity index (χ3n) is 10.1. The van der Waals surface area contributed by atoms with E-state index in [2.05, 4.69) is 136 Å². The molecule has 0 unspecified atom stereocenters. The van der Waals surface area contributed by atoms with Gasteiger partial charge in [-0.05, 0) is 95.6 Å². The van der Waals surface area contributed by atoms with Gasteiger partial charge in [-0.3, -0.25) is 9.97 Å². The fourth-order valence-corrected chi connectivity index (χ4v) is 8.84. The van der Waals surface area contributed by atoms with Crippen LogP contribution in [-0.2, 0) is 0 Å². The highest BCUT2D eigenvalue weighted by Gasteiger charge is 2.19. The molecule has 0 aliphatic heterocycles. The predicted octanol–water partition coefficient (Wildman–Crippen LogP) is 12.1. The van der Waals surface area contributed by atoms with Crippen molar-refractivity contribution < 1.29 is 0 Å². The summed E-state index contributed by atoms with van der Waals surface area (Å²) in [5, 5.41) is 7.68. The molecule has 5 heteroatoms. The minimum atomic E-state index is 0.887. The lowest BCUT2D eigenvalue weighted by atomic mass is 9.97. The highest BCUT2D eigenvalue weighted by Crippen LogP contribution is 2.43. The van der Waals surface area contributed by atoms with Crippen LogP contribution in [0.1, 0.15) is 0 Å². The lowest BCUT2D eigenvalue weighted by Crippen LogP contribution is -1.92. The smallest absolute Gasteiger partial charge is 0.0731 e. The van der Waals surface area contributed by atoms with Crippen LogP contribution in [0, 0.1) is 0 Å². The first-order valence-electron chi connectivity index (χ1n) is 16.7. The average Bonchev–Trinajstić information content (AvgIpc) is 3.84. The van der Waals surface area contributed by atoms with Gasteiger partial charge >= 0.3 is 0 Å². The molecule has 0 fully saturated rings. The second kappa shape index (κ2) is 10.5. The van der Waals surface area contributed by atoms with Crippen molar-refractivity contribution in [1.82, 2.24) is 19.4 Å². The zero-order valence-electron chi connectivity index (χ0n) is 26.7. The van der Waals surface area contributed by atoms with E-state index in [1.807, 2.05) is 35.9 Å². The average molecular weight is 655 g/mol. The molecule has 0 saturated heterocycles. The van der Waals surface area contributed by atoms with Gasteiger partial charge in [-0.2, -0.15) is 0 Å². The van der Waals surface area contributed by atoms with Crippen LogP contribution in [0.15, 0.2) is 158 Å². The molecule has 11 rings (SSSR count). The molecule has 0 N–H and O–H groups in total. The molecule has 50 heavy (non-hydrogen) atoms. The van der Waals surface area contributed by atoms with Crippen molar-refractivity contribution in [3.8, 4) is 44.8 Å². The molecule has 6 heterocycles. The van der Waals surface area contributed by atoms with Crippen LogP contribution >= 0.6 is 11.3 Å². The van der Waals surface area contributed by atoms with Crippen molar-refractivity contribution in [2.75, 3.05) is 0 Å². The van der Waals surface area contributed by atoms with Gasteiger partial charge in [0.05, 0.1) is 27.9 Å². The molecule has 0 spiro atoms. The molecule has 0 aliphatic carbocycles. The number of fused-ring (bicyclic) bond motifs is 9. The van der Waals surface area contributed by atoms with Crippen LogP contribution in [-0.4, -0.2) is 19.4 Å². The number of aromatic nitrogens is 4. The summed E-state index contributed by atoms with van der Waals surface area (Å²) < 4.78 is 4.98. The van der Waals surface area contributed by atoms with Crippen molar-refractivity contribution in [3.05, 3.63) is 158 Å². The maximum atomic E-state index is 5.17. The minimum Gasteiger partial charge on any atom is -0.308 e. The van der Waals surface area contributed by atoms with Crippen molar-refractivity contribution in [2.24, 2.45) is 0 Å². The Kier molecular flexibility index (Phi) is 5.80. The van der Waals surface area contributed by atoms with Gasteiger partial charge in [-0.15, -0.1) is 11.3 Å². The molecule has 0 aliphatic rings. The van der Waals surface area contributed by atoms with E-state index in [4.69, 9.17) is 4.98 Å². The maximum absolute atomic E-state index is 5.17. The third kappa shape index (κ3) is 4.08. The van der Waals surface area contributed by atoms with E-state index in [0.29, 0.717) is 0 Å². The normalized spacial score (nSPS) is 12.0. The Morgan fingerprint density at radius 2 is 0.940 bits per heavy atom. The molecule has 0 saturated carbocycles. The number of nitrogens with zero attached hydrogens (tertiary/aromatic N) is 4. The Hall–Kier alpha value is -6.43. The molecular formula is C45H26N4S. The van der Waals surface area contributed by atoms with Gasteiger partial charge in [0.2, 0.25) is 0 Å². The SMILES string of the molecule is c1cncc(-c2cc(-c3cccnc3)nc(-c3ccc4sc5ccc(-c6cc7c8ccccc8n8c9ccccc9c(c6)c78)cc5c4c3)c2)c1. The summed E-state index contributed by atoms with van der Waals surface area (Å²) in [7, 11) is 0. The Bertz CT molecular complexity index is 2950. The Labute approximate surface area is 290 Å². The standard InChI is InChI=1S/C45H26N4S/c1-3-11-41-33(9-1)37-21-31(22-38-34-10-2-4-12-42(34)49(41)45(37)38)27-13-15-43-35(19-27)36-20-28(14-16-44(36)50-43)39-23-32(29-7-5-17-46-25-29)24-40(48-39)30-8-6-18-47-26-30/h1-26H. The van der Waals surface area contributed by atoms with E-state index in [0.717, 1.165) is 33.6 Å². The molecule has 6 aromatic heterocycles. The second-order valence-electron chi connectivity index (χ2n) is 12.9. The number of thiophene rings is 1. The fourth-order valence-electron chi connectivity index (χ4n) is 7.77. The highest BCUT2D eigenvalue weighted by atomic mass is 32.1. The number of hydrogen-bond acceptors (Lipinski definition) is 4. The molecule has 11 aromatic rings. The van der Waals surface area contributed by atoms with E-state index in [1.165, 1.54) is 69.4 Å². The number of hydrogen-bond donors (Lipinski definition) is 0. The van der Waals surface area contributed by atoms with Crippen LogP contribution in [0.25, 0.3) is 103 Å². The zero-order valence-corrected chi connectivity index (χ0v) is 27.5. The third-order valence-corrected chi connectivity index (χ3v) is 11.2. The molecule has 0 radical (unpaired) electrons. The lowest BCUT2D eigenvalue weighted by Gasteiger charge is -2.10. The molecule has 4 nitrogen and oxygen atoms in total. The van der Waals surface area contributed by atoms with E-state index in [-0.39, 0.29) is 0 Å². The summed E-state index contributed by atoms with van der Waals surface area (Å²) in [6.45, 7) is 0. The van der Waals surface area contributed by atoms with Gasteiger partial charge < -0.3 is 4.40 Å². The molecule has 0 atom stereocenters. The van der Waals surface area contributed by atoms with E-state index >= 15 is 0 Å². The molecule has 232 valence electrons. The number of rotatable bonds is 4. The van der Waals surface area contributed by atoms with Gasteiger partial charge in [0.25, 0.3) is 0 Å². The van der Waals surface area contributed by atoms with Crippen molar-refractivity contribution in [1.29, 1.82) is 0 Å². The number of para-hydroxylation sites is 2. The predicted molar refractivity (Wildman–Crippen MR) is 209 cm³/mol. The quantitative estimate of drug-likeness (QED) is 0.190. The second-order valence-corrected chi connectivity index (χ2v) is 14.0. The minimum absolute atomic E-state index is 0.887. The van der Waals surface area contributed by atoms with Gasteiger partial charge in [-0.25, -0.2) is 4.98 Å². The first-order chi connectivity index (χ1) is 24.8. The summed E-state index contributed by atoms with van der Waals surface area (Å²) >= 11 is 1.84. The summed E-state index contributed by atoms with van der Waals surface area (Å²) in [5.74, 6) is 0. The largest absolute Gasteiger partial charge is 0.308 e. The first-order valence-corrected chi connectivity index (χ1v) is 17.6. The van der Waals surface area contributed by atoms with Gasteiger partial charge in [0.1, 0.15) is 0 Å². The molecular weight excluding hydrogens is 629 g/mol. The van der Waals surface area contributed by atoms with Gasteiger partial charge in [-0.1, -0.05) is 54.6 Å². The molecule has 0 bridgehead atoms. The molecule has 0 amide bonds. The number of pyridine rings is 3. The lowest BCUT2D eigenvalue weighted by molar-refractivity contribution is 1.27. The van der Waals surface area contributed by atoms with Gasteiger partial charge in [0, 0.05) is 83.2 Å². The monoisotopic (exact) mass is 654 g/mol. The van der Waals surface area contributed by atoms with Crippen LogP contribution in [0.3, 0.4) is 0 Å². The van der Waals surface area contributed by atoms with E-state index in [9.17, 15) is 0 Å². The Morgan fingerprint density at radius 3 is 1.58 bits per heavy atom. The van der Waals surface area contributed by atoms with Crippen LogP contribution in [0.4, 0.5) is 0 Å². The van der Waals surface area contributed by atoms with Crippen molar-refractivity contribution >= 4 is 69.6 Å². The Morgan fingerprint density at radius 1 is 0.400 bits per heavy atom. The topological polar surface area (TPSA) is 43.1 Å².